The fourth-order valence-electron chi connectivity index (χ4n) is 2.75. The minimum absolute atomic E-state index is 0.0969. The smallest absolute Gasteiger partial charge is 0.237 e. The number of hydrogen-bond donors (Lipinski definition) is 4. The molecule has 0 bridgehead atoms. The Morgan fingerprint density at radius 1 is 1.10 bits per heavy atom. The van der Waals surface area contributed by atoms with E-state index < -0.39 is 11.9 Å². The van der Waals surface area contributed by atoms with Gasteiger partial charge in [0.2, 0.25) is 11.8 Å². The van der Waals surface area contributed by atoms with Crippen LogP contribution in [0.4, 0.5) is 0 Å². The van der Waals surface area contributed by atoms with E-state index in [0.717, 1.165) is 24.3 Å². The molecule has 2 amide bonds. The van der Waals surface area contributed by atoms with E-state index in [-0.39, 0.29) is 23.0 Å². The van der Waals surface area contributed by atoms with Crippen LogP contribution in [0.25, 0.3) is 0 Å². The van der Waals surface area contributed by atoms with Crippen molar-refractivity contribution in [3.05, 3.63) is 0 Å². The Hall–Kier alpha value is -1.18. The van der Waals surface area contributed by atoms with E-state index in [1.54, 1.807) is 0 Å². The van der Waals surface area contributed by atoms with E-state index in [1.165, 1.54) is 0 Å². The summed E-state index contributed by atoms with van der Waals surface area (Å²) < 4.78 is 0. The molecule has 2 aliphatic heterocycles. The van der Waals surface area contributed by atoms with Crippen molar-refractivity contribution in [1.82, 2.24) is 10.4 Å². The Morgan fingerprint density at radius 2 is 1.67 bits per heavy atom. The Labute approximate surface area is 126 Å². The van der Waals surface area contributed by atoms with Gasteiger partial charge in [-0.2, -0.15) is 5.06 Å². The van der Waals surface area contributed by atoms with Crippen molar-refractivity contribution in [2.75, 3.05) is 0 Å². The summed E-state index contributed by atoms with van der Waals surface area (Å²) in [5, 5.41) is 13.6. The van der Waals surface area contributed by atoms with Gasteiger partial charge in [0, 0.05) is 11.1 Å². The largest absolute Gasteiger partial charge is 0.368 e. The van der Waals surface area contributed by atoms with Crippen LogP contribution in [-0.2, 0) is 9.59 Å². The van der Waals surface area contributed by atoms with Gasteiger partial charge in [-0.3, -0.25) is 9.59 Å². The van der Waals surface area contributed by atoms with Crippen LogP contribution in [0.1, 0.15) is 53.4 Å². The molecule has 0 radical (unpaired) electrons. The summed E-state index contributed by atoms with van der Waals surface area (Å²) >= 11 is 0. The SMILES string of the molecule is CC1(C)CCC(C(N)=O)N1.CC1(C)CCC(C(N)=O)N1O. The predicted octanol–water partition coefficient (Wildman–Crippen LogP) is 0.106. The van der Waals surface area contributed by atoms with Crippen LogP contribution in [0.5, 0.6) is 0 Å². The molecule has 2 heterocycles. The number of nitrogens with zero attached hydrogens (tertiary/aromatic N) is 1. The highest BCUT2D eigenvalue weighted by atomic mass is 16.5. The van der Waals surface area contributed by atoms with E-state index in [0.29, 0.717) is 6.42 Å². The van der Waals surface area contributed by atoms with Crippen molar-refractivity contribution in [3.63, 3.8) is 0 Å². The first-order valence-corrected chi connectivity index (χ1v) is 7.31. The summed E-state index contributed by atoms with van der Waals surface area (Å²) in [6.45, 7) is 7.93. The van der Waals surface area contributed by atoms with Crippen LogP contribution in [-0.4, -0.2) is 45.2 Å². The van der Waals surface area contributed by atoms with E-state index in [9.17, 15) is 14.8 Å². The van der Waals surface area contributed by atoms with Crippen LogP contribution in [0.15, 0.2) is 0 Å². The van der Waals surface area contributed by atoms with Crippen molar-refractivity contribution in [2.24, 2.45) is 11.5 Å². The fourth-order valence-corrected chi connectivity index (χ4v) is 2.75. The maximum absolute atomic E-state index is 10.7. The molecule has 7 nitrogen and oxygen atoms in total. The third-order valence-corrected chi connectivity index (χ3v) is 4.24. The van der Waals surface area contributed by atoms with Crippen LogP contribution < -0.4 is 16.8 Å². The molecule has 2 rings (SSSR count). The van der Waals surface area contributed by atoms with Gasteiger partial charge in [-0.25, -0.2) is 0 Å². The molecule has 21 heavy (non-hydrogen) atoms. The Kier molecular flexibility index (Phi) is 5.35. The maximum Gasteiger partial charge on any atom is 0.237 e. The number of amides is 2. The standard InChI is InChI=1S/C7H14N2O2.C7H14N2O/c1-7(2)4-3-5(6(8)10)9(7)11;1-7(2)4-3-5(9-7)6(8)10/h5,11H,3-4H2,1-2H3,(H2,8,10);5,9H,3-4H2,1-2H3,(H2,8,10). The van der Waals surface area contributed by atoms with Crippen molar-refractivity contribution < 1.29 is 14.8 Å². The number of nitrogens with two attached hydrogens (primary N) is 2. The first-order valence-electron chi connectivity index (χ1n) is 7.31. The lowest BCUT2D eigenvalue weighted by Crippen LogP contribution is -2.45. The number of rotatable bonds is 2. The molecular weight excluding hydrogens is 272 g/mol. The van der Waals surface area contributed by atoms with Gasteiger partial charge in [-0.05, 0) is 53.4 Å². The number of nitrogens with one attached hydrogen (secondary N) is 1. The van der Waals surface area contributed by atoms with Gasteiger partial charge in [0.05, 0.1) is 6.04 Å². The molecular formula is C14H28N4O3. The van der Waals surface area contributed by atoms with E-state index in [1.807, 2.05) is 13.8 Å². The number of hydrogen-bond acceptors (Lipinski definition) is 5. The molecule has 2 unspecified atom stereocenters. The second-order valence-corrected chi connectivity index (χ2v) is 7.14. The molecule has 122 valence electrons. The zero-order chi connectivity index (χ0) is 16.4. The summed E-state index contributed by atoms with van der Waals surface area (Å²) in [6, 6.07) is -0.597. The zero-order valence-electron chi connectivity index (χ0n) is 13.3. The second kappa shape index (κ2) is 6.29. The van der Waals surface area contributed by atoms with Gasteiger partial charge < -0.3 is 22.0 Å². The molecule has 7 heteroatoms. The first kappa shape index (κ1) is 17.9. The fraction of sp³-hybridized carbons (Fsp3) is 0.857. The number of primary amides is 2. The molecule has 0 spiro atoms. The highest BCUT2D eigenvalue weighted by Gasteiger charge is 2.41. The molecule has 2 aliphatic rings. The van der Waals surface area contributed by atoms with Crippen molar-refractivity contribution in [1.29, 1.82) is 0 Å². The Bertz CT molecular complexity index is 409. The van der Waals surface area contributed by atoms with Crippen molar-refractivity contribution in [3.8, 4) is 0 Å². The van der Waals surface area contributed by atoms with Crippen LogP contribution in [0.3, 0.4) is 0 Å². The topological polar surface area (TPSA) is 122 Å². The van der Waals surface area contributed by atoms with Gasteiger partial charge in [-0.1, -0.05) is 0 Å². The van der Waals surface area contributed by atoms with Gasteiger partial charge in [0.25, 0.3) is 0 Å². The first-order chi connectivity index (χ1) is 9.46. The minimum atomic E-state index is -0.495. The van der Waals surface area contributed by atoms with Gasteiger partial charge in [-0.15, -0.1) is 0 Å². The van der Waals surface area contributed by atoms with E-state index in [4.69, 9.17) is 11.5 Å². The highest BCUT2D eigenvalue weighted by Crippen LogP contribution is 2.30. The number of carbonyl (C=O) groups is 2. The van der Waals surface area contributed by atoms with Gasteiger partial charge in [0.1, 0.15) is 6.04 Å². The highest BCUT2D eigenvalue weighted by molar-refractivity contribution is 5.80. The van der Waals surface area contributed by atoms with Gasteiger partial charge >= 0.3 is 0 Å². The molecule has 2 fully saturated rings. The number of carbonyl (C=O) groups excluding carboxylic acids is 2. The van der Waals surface area contributed by atoms with Crippen LogP contribution >= 0.6 is 0 Å². The maximum atomic E-state index is 10.7. The Balaban J connectivity index is 0.000000211. The molecule has 0 aliphatic carbocycles. The molecule has 2 saturated heterocycles. The lowest BCUT2D eigenvalue weighted by Gasteiger charge is -2.27. The lowest BCUT2D eigenvalue weighted by molar-refractivity contribution is -0.172. The minimum Gasteiger partial charge on any atom is -0.368 e. The van der Waals surface area contributed by atoms with Crippen LogP contribution in [0.2, 0.25) is 0 Å². The zero-order valence-corrected chi connectivity index (χ0v) is 13.3. The molecule has 0 aromatic rings. The third kappa shape index (κ3) is 4.66. The quantitative estimate of drug-likeness (QED) is 0.576. The normalized spacial score (nSPS) is 30.5. The average Bonchev–Trinajstić information content (AvgIpc) is 2.81. The summed E-state index contributed by atoms with van der Waals surface area (Å²) in [5.74, 6) is -0.677. The summed E-state index contributed by atoms with van der Waals surface area (Å²) in [4.78, 5) is 21.4. The van der Waals surface area contributed by atoms with E-state index in [2.05, 4.69) is 19.2 Å². The molecule has 0 aromatic carbocycles. The molecule has 6 N–H and O–H groups in total. The summed E-state index contributed by atoms with van der Waals surface area (Å²) in [5.41, 5.74) is 9.98. The average molecular weight is 300 g/mol. The monoisotopic (exact) mass is 300 g/mol. The molecule has 2 atom stereocenters. The van der Waals surface area contributed by atoms with Crippen molar-refractivity contribution >= 4 is 11.8 Å². The number of hydroxylamine groups is 2. The Morgan fingerprint density at radius 3 is 1.86 bits per heavy atom. The molecule has 0 saturated carbocycles. The summed E-state index contributed by atoms with van der Waals surface area (Å²) in [6.07, 6.45) is 3.36. The van der Waals surface area contributed by atoms with Gasteiger partial charge in [0.15, 0.2) is 0 Å². The summed E-state index contributed by atoms with van der Waals surface area (Å²) in [7, 11) is 0. The lowest BCUT2D eigenvalue weighted by atomic mass is 10.0. The third-order valence-electron chi connectivity index (χ3n) is 4.24. The predicted molar refractivity (Wildman–Crippen MR) is 79.4 cm³/mol. The molecule has 0 aromatic heterocycles. The van der Waals surface area contributed by atoms with Crippen LogP contribution in [0, 0.1) is 0 Å². The second-order valence-electron chi connectivity index (χ2n) is 7.14. The van der Waals surface area contributed by atoms with Crippen molar-refractivity contribution in [2.45, 2.75) is 76.5 Å². The van der Waals surface area contributed by atoms with E-state index >= 15 is 0 Å².